The molecule has 1 saturated heterocycles. The lowest BCUT2D eigenvalue weighted by molar-refractivity contribution is 0.0996. The van der Waals surface area contributed by atoms with Crippen molar-refractivity contribution < 1.29 is 14.2 Å². The number of nitroso groups, excluding NO2 is 2. The Morgan fingerprint density at radius 2 is 2.00 bits per heavy atom. The average Bonchev–Trinajstić information content (AvgIpc) is 2.68. The molecule has 2 aliphatic rings. The Hall–Kier alpha value is -1.90. The van der Waals surface area contributed by atoms with Gasteiger partial charge in [0.15, 0.2) is 0 Å². The van der Waals surface area contributed by atoms with Gasteiger partial charge in [-0.3, -0.25) is 15.6 Å². The van der Waals surface area contributed by atoms with Gasteiger partial charge in [-0.05, 0) is 29.8 Å². The van der Waals surface area contributed by atoms with Crippen LogP contribution in [-0.2, 0) is 6.42 Å². The van der Waals surface area contributed by atoms with E-state index >= 15 is 0 Å². The molecule has 1 aromatic rings. The summed E-state index contributed by atoms with van der Waals surface area (Å²) in [6, 6.07) is 3.19. The Morgan fingerprint density at radius 1 is 1.28 bits per heavy atom. The molecule has 3 N–H and O–H groups in total. The number of thioether (sulfide) groups is 3. The molecule has 14 heteroatoms. The molecule has 29 heavy (non-hydrogen) atoms. The highest BCUT2D eigenvalue weighted by atomic mass is 32.2. The summed E-state index contributed by atoms with van der Waals surface area (Å²) in [6.45, 7) is 1.69. The van der Waals surface area contributed by atoms with Gasteiger partial charge in [0.25, 0.3) is 0 Å². The third-order valence-corrected chi connectivity index (χ3v) is 7.51. The van der Waals surface area contributed by atoms with Crippen LogP contribution >= 0.6 is 35.3 Å². The number of hydrogen-bond donors (Lipinski definition) is 3. The van der Waals surface area contributed by atoms with Gasteiger partial charge in [-0.1, -0.05) is 34.7 Å². The molecule has 2 aliphatic heterocycles. The van der Waals surface area contributed by atoms with Crippen LogP contribution in [0.1, 0.15) is 15.9 Å². The van der Waals surface area contributed by atoms with Gasteiger partial charge in [0.05, 0.1) is 12.3 Å². The van der Waals surface area contributed by atoms with Gasteiger partial charge in [-0.2, -0.15) is 4.91 Å². The maximum atomic E-state index is 11.9. The molecule has 0 saturated carbocycles. The lowest BCUT2D eigenvalue weighted by atomic mass is 9.73. The summed E-state index contributed by atoms with van der Waals surface area (Å²) in [6.07, 6.45) is 0.287. The fourth-order valence-corrected chi connectivity index (χ4v) is 6.25. The van der Waals surface area contributed by atoms with Crippen LogP contribution in [0.25, 0.3) is 0 Å². The van der Waals surface area contributed by atoms with Gasteiger partial charge < -0.3 is 14.7 Å². The summed E-state index contributed by atoms with van der Waals surface area (Å²) >= 11 is 3.51. The number of methoxy groups -OCH3 is 1. The van der Waals surface area contributed by atoms with Gasteiger partial charge in [0.2, 0.25) is 0 Å². The maximum Gasteiger partial charge on any atom is 0.561 e. The molecule has 0 aromatic heterocycles. The number of carbonyl (C=O) groups excluding carboxylic acids is 1. The van der Waals surface area contributed by atoms with E-state index in [1.165, 1.54) is 24.9 Å². The molecule has 10 nitrogen and oxygen atoms in total. The average molecular weight is 453 g/mol. The van der Waals surface area contributed by atoms with Crippen molar-refractivity contribution >= 4 is 57.0 Å². The smallest absolute Gasteiger partial charge is 0.537 e. The van der Waals surface area contributed by atoms with E-state index in [2.05, 4.69) is 15.6 Å². The van der Waals surface area contributed by atoms with Gasteiger partial charge in [0.1, 0.15) is 25.8 Å². The van der Waals surface area contributed by atoms with E-state index in [0.717, 1.165) is 36.6 Å². The lowest BCUT2D eigenvalue weighted by Gasteiger charge is -2.28. The third-order valence-electron chi connectivity index (χ3n) is 4.26. The first-order valence-electron chi connectivity index (χ1n) is 8.42. The molecule has 0 bridgehead atoms. The standard InChI is InChI=1S/C15H16BN5O5S3/c1-25-9-3-2-7-4-10(16(21-24)26-12(7)11(9)13(22)20-23)28-15(18)29-14(17)27-8-5-19-6-8/h2-3,8,10,17-19H,4-6H2,1H3. The monoisotopic (exact) mass is 453 g/mol. The first kappa shape index (κ1) is 21.8. The molecule has 1 amide bonds. The molecule has 152 valence electrons. The van der Waals surface area contributed by atoms with Crippen LogP contribution in [0.4, 0.5) is 0 Å². The number of hydrogen-bond acceptors (Lipinski definition) is 12. The second-order valence-corrected chi connectivity index (χ2v) is 10.2. The predicted octanol–water partition coefficient (Wildman–Crippen LogP) is 2.74. The zero-order chi connectivity index (χ0) is 21.0. The molecule has 0 spiro atoms. The molecule has 3 rings (SSSR count). The molecule has 1 unspecified atom stereocenters. The molecular formula is C15H16BN5O5S3. The maximum absolute atomic E-state index is 11.9. The minimum Gasteiger partial charge on any atom is -0.537 e. The zero-order valence-corrected chi connectivity index (χ0v) is 17.6. The fourth-order valence-electron chi connectivity index (χ4n) is 2.79. The summed E-state index contributed by atoms with van der Waals surface area (Å²) in [5.41, 5.74) is 0.437. The summed E-state index contributed by atoms with van der Waals surface area (Å²) in [5.74, 6) is -0.896. The summed E-state index contributed by atoms with van der Waals surface area (Å²) in [5, 5.41) is 24.5. The fraction of sp³-hybridized carbons (Fsp3) is 0.400. The Kier molecular flexibility index (Phi) is 7.32. The van der Waals surface area contributed by atoms with Crippen molar-refractivity contribution in [2.75, 3.05) is 20.2 Å². The van der Waals surface area contributed by atoms with Crippen molar-refractivity contribution in [2.24, 2.45) is 10.3 Å². The number of carbonyl (C=O) groups is 1. The largest absolute Gasteiger partial charge is 0.561 e. The van der Waals surface area contributed by atoms with E-state index < -0.39 is 18.1 Å². The number of amides is 1. The van der Waals surface area contributed by atoms with Gasteiger partial charge in [-0.15, -0.1) is 4.91 Å². The lowest BCUT2D eigenvalue weighted by Crippen LogP contribution is -2.45. The molecular weight excluding hydrogens is 437 g/mol. The molecule has 2 heterocycles. The highest BCUT2D eigenvalue weighted by Crippen LogP contribution is 2.40. The van der Waals surface area contributed by atoms with E-state index in [1.54, 1.807) is 6.07 Å². The molecule has 0 aliphatic carbocycles. The van der Waals surface area contributed by atoms with E-state index in [1.807, 2.05) is 0 Å². The van der Waals surface area contributed by atoms with E-state index in [-0.39, 0.29) is 27.9 Å². The van der Waals surface area contributed by atoms with Crippen LogP contribution < -0.4 is 14.7 Å². The van der Waals surface area contributed by atoms with Gasteiger partial charge in [-0.25, -0.2) is 0 Å². The highest BCUT2D eigenvalue weighted by Gasteiger charge is 2.42. The van der Waals surface area contributed by atoms with Crippen molar-refractivity contribution in [2.45, 2.75) is 16.8 Å². The van der Waals surface area contributed by atoms with Crippen molar-refractivity contribution in [3.63, 3.8) is 0 Å². The number of rotatable bonds is 5. The molecule has 1 atom stereocenters. The van der Waals surface area contributed by atoms with Crippen molar-refractivity contribution in [1.82, 2.24) is 5.32 Å². The SMILES string of the molecule is COc1ccc2c(c1C(=O)N=O)OB(N=O)C(SC(=N)SC(=N)SC1CNC1)C2. The van der Waals surface area contributed by atoms with E-state index in [9.17, 15) is 14.6 Å². The van der Waals surface area contributed by atoms with Crippen molar-refractivity contribution in [3.05, 3.63) is 33.1 Å². The normalized spacial score (nSPS) is 18.1. The van der Waals surface area contributed by atoms with E-state index in [0.29, 0.717) is 15.2 Å². The Labute approximate surface area is 179 Å². The number of nitrogens with zero attached hydrogens (tertiary/aromatic N) is 2. The number of fused-ring (bicyclic) bond motifs is 1. The summed E-state index contributed by atoms with van der Waals surface area (Å²) in [4.78, 5) is 34.1. The quantitative estimate of drug-likeness (QED) is 0.264. The minimum atomic E-state index is -1.17. The highest BCUT2D eigenvalue weighted by molar-refractivity contribution is 8.54. The molecule has 1 aromatic carbocycles. The van der Waals surface area contributed by atoms with Crippen LogP contribution in [0.3, 0.4) is 0 Å². The van der Waals surface area contributed by atoms with Gasteiger partial charge >= 0.3 is 13.0 Å². The number of benzene rings is 1. The van der Waals surface area contributed by atoms with Crippen LogP contribution in [0, 0.1) is 20.6 Å². The minimum absolute atomic E-state index is 0.0513. The zero-order valence-electron chi connectivity index (χ0n) is 15.2. The second-order valence-electron chi connectivity index (χ2n) is 6.08. The third kappa shape index (κ3) is 5.00. The van der Waals surface area contributed by atoms with Crippen LogP contribution in [0.15, 0.2) is 22.4 Å². The first-order valence-corrected chi connectivity index (χ1v) is 11.0. The Balaban J connectivity index is 1.73. The van der Waals surface area contributed by atoms with Crippen LogP contribution in [0.5, 0.6) is 11.5 Å². The summed E-state index contributed by atoms with van der Waals surface area (Å²) < 4.78 is 11.2. The van der Waals surface area contributed by atoms with Crippen molar-refractivity contribution in [1.29, 1.82) is 10.8 Å². The van der Waals surface area contributed by atoms with E-state index in [4.69, 9.17) is 20.2 Å². The topological polar surface area (TPSA) is 154 Å². The Bertz CT molecular complexity index is 869. The van der Waals surface area contributed by atoms with Crippen LogP contribution in [0.2, 0.25) is 0 Å². The molecule has 1 fully saturated rings. The molecule has 0 radical (unpaired) electrons. The van der Waals surface area contributed by atoms with Crippen molar-refractivity contribution in [3.8, 4) is 11.5 Å². The number of ether oxygens (including phenoxy) is 1. The van der Waals surface area contributed by atoms with Gasteiger partial charge in [0, 0.05) is 23.5 Å². The summed E-state index contributed by atoms with van der Waals surface area (Å²) in [7, 11) is 0.169. The second kappa shape index (κ2) is 9.74. The number of nitrogens with one attached hydrogen (secondary N) is 3. The van der Waals surface area contributed by atoms with Crippen LogP contribution in [-0.4, -0.2) is 52.3 Å². The Morgan fingerprint density at radius 3 is 2.59 bits per heavy atom. The first-order chi connectivity index (χ1) is 14.0. The predicted molar refractivity (Wildman–Crippen MR) is 118 cm³/mol.